The van der Waals surface area contributed by atoms with Crippen LogP contribution in [0.1, 0.15) is 37.1 Å². The van der Waals surface area contributed by atoms with Gasteiger partial charge in [0.05, 0.1) is 24.9 Å². The molecule has 3 aromatic rings. The highest BCUT2D eigenvalue weighted by Gasteiger charge is 2.47. The Kier molecular flexibility index (Phi) is 5.40. The highest BCUT2D eigenvalue weighted by molar-refractivity contribution is 7.80. The van der Waals surface area contributed by atoms with E-state index in [2.05, 4.69) is 12.1 Å². The summed E-state index contributed by atoms with van der Waals surface area (Å²) < 4.78 is 13.0. The molecule has 0 N–H and O–H groups in total. The molecule has 2 aromatic heterocycles. The summed E-state index contributed by atoms with van der Waals surface area (Å²) >= 11 is 5.49. The lowest BCUT2D eigenvalue weighted by Gasteiger charge is -2.16. The van der Waals surface area contributed by atoms with Crippen LogP contribution in [-0.4, -0.2) is 52.8 Å². The molecular formula is C23H28N4O2S. The van der Waals surface area contributed by atoms with Crippen LogP contribution < -0.4 is 9.47 Å². The maximum Gasteiger partial charge on any atom is 0.198 e. The van der Waals surface area contributed by atoms with E-state index in [-0.39, 0.29) is 5.41 Å². The standard InChI is InChI=1S/C23H28N4O2S/c1-15-6-7-16(14-19(15)29-5)17-8-9-18(28-4)21-24-22(25-27(17)21)23(12-13-23)11-10-20(30)26(2)3/h6-9,14H,10-13H2,1-5H3. The van der Waals surface area contributed by atoms with Crippen LogP contribution in [0.4, 0.5) is 0 Å². The smallest absolute Gasteiger partial charge is 0.198 e. The minimum absolute atomic E-state index is 0.0132. The number of fused-ring (bicyclic) bond motifs is 1. The highest BCUT2D eigenvalue weighted by atomic mass is 32.1. The molecule has 0 radical (unpaired) electrons. The lowest BCUT2D eigenvalue weighted by Crippen LogP contribution is -2.21. The Morgan fingerprint density at radius 2 is 1.87 bits per heavy atom. The van der Waals surface area contributed by atoms with E-state index in [1.165, 1.54) is 0 Å². The van der Waals surface area contributed by atoms with Crippen LogP contribution in [0, 0.1) is 6.92 Å². The molecule has 2 heterocycles. The minimum Gasteiger partial charge on any atom is -0.496 e. The first kappa shape index (κ1) is 20.6. The minimum atomic E-state index is 0.0132. The first-order valence-electron chi connectivity index (χ1n) is 10.2. The van der Waals surface area contributed by atoms with Gasteiger partial charge in [0, 0.05) is 25.1 Å². The average molecular weight is 425 g/mol. The fourth-order valence-corrected chi connectivity index (χ4v) is 3.93. The number of hydrogen-bond acceptors (Lipinski definition) is 5. The molecule has 1 aliphatic rings. The number of rotatable bonds is 7. The van der Waals surface area contributed by atoms with Gasteiger partial charge in [-0.2, -0.15) is 0 Å². The molecule has 7 heteroatoms. The highest BCUT2D eigenvalue weighted by Crippen LogP contribution is 2.51. The van der Waals surface area contributed by atoms with E-state index in [0.29, 0.717) is 0 Å². The van der Waals surface area contributed by atoms with E-state index in [4.69, 9.17) is 31.8 Å². The molecule has 1 saturated carbocycles. The van der Waals surface area contributed by atoms with Gasteiger partial charge in [0.25, 0.3) is 0 Å². The van der Waals surface area contributed by atoms with Gasteiger partial charge >= 0.3 is 0 Å². The summed E-state index contributed by atoms with van der Waals surface area (Å²) in [5.41, 5.74) is 3.84. The summed E-state index contributed by atoms with van der Waals surface area (Å²) in [6.45, 7) is 2.04. The molecule has 0 amide bonds. The second-order valence-corrected chi connectivity index (χ2v) is 8.68. The van der Waals surface area contributed by atoms with E-state index in [1.54, 1.807) is 14.2 Å². The van der Waals surface area contributed by atoms with Gasteiger partial charge in [-0.05, 0) is 56.4 Å². The summed E-state index contributed by atoms with van der Waals surface area (Å²) in [5, 5.41) is 4.96. The number of benzene rings is 1. The lowest BCUT2D eigenvalue weighted by molar-refractivity contribution is 0.412. The van der Waals surface area contributed by atoms with Crippen molar-refractivity contribution >= 4 is 22.9 Å². The van der Waals surface area contributed by atoms with Gasteiger partial charge in [0.1, 0.15) is 5.75 Å². The Hall–Kier alpha value is -2.67. The molecule has 0 saturated heterocycles. The van der Waals surface area contributed by atoms with E-state index in [9.17, 15) is 0 Å². The fraction of sp³-hybridized carbons (Fsp3) is 0.435. The first-order valence-corrected chi connectivity index (χ1v) is 10.6. The number of pyridine rings is 1. The monoisotopic (exact) mass is 424 g/mol. The average Bonchev–Trinajstić information content (AvgIpc) is 3.40. The predicted octanol–water partition coefficient (Wildman–Crippen LogP) is 4.42. The molecule has 0 spiro atoms. The molecule has 4 rings (SSSR count). The molecule has 158 valence electrons. The summed E-state index contributed by atoms with van der Waals surface area (Å²) in [7, 11) is 7.36. The van der Waals surface area contributed by atoms with Gasteiger partial charge in [-0.3, -0.25) is 0 Å². The summed E-state index contributed by atoms with van der Waals surface area (Å²) in [4.78, 5) is 7.90. The van der Waals surface area contributed by atoms with E-state index in [1.807, 2.05) is 48.6 Å². The molecule has 1 aliphatic carbocycles. The van der Waals surface area contributed by atoms with Crippen molar-refractivity contribution in [1.82, 2.24) is 19.5 Å². The number of methoxy groups -OCH3 is 2. The molecule has 0 aliphatic heterocycles. The fourth-order valence-electron chi connectivity index (χ4n) is 3.83. The summed E-state index contributed by atoms with van der Waals surface area (Å²) in [6.07, 6.45) is 4.03. The number of hydrogen-bond donors (Lipinski definition) is 0. The van der Waals surface area contributed by atoms with Gasteiger partial charge in [-0.15, -0.1) is 5.10 Å². The predicted molar refractivity (Wildman–Crippen MR) is 123 cm³/mol. The first-order chi connectivity index (χ1) is 14.4. The van der Waals surface area contributed by atoms with Crippen LogP contribution >= 0.6 is 12.2 Å². The number of aryl methyl sites for hydroxylation is 1. The van der Waals surface area contributed by atoms with Crippen LogP contribution in [0.25, 0.3) is 16.9 Å². The Balaban J connectivity index is 1.76. The van der Waals surface area contributed by atoms with Crippen molar-refractivity contribution in [3.05, 3.63) is 41.7 Å². The molecule has 0 unspecified atom stereocenters. The molecule has 6 nitrogen and oxygen atoms in total. The van der Waals surface area contributed by atoms with Gasteiger partial charge < -0.3 is 14.4 Å². The summed E-state index contributed by atoms with van der Waals surface area (Å²) in [6, 6.07) is 10.2. The molecule has 0 bridgehead atoms. The Morgan fingerprint density at radius 3 is 2.50 bits per heavy atom. The quantitative estimate of drug-likeness (QED) is 0.523. The van der Waals surface area contributed by atoms with Gasteiger partial charge in [0.2, 0.25) is 0 Å². The maximum absolute atomic E-state index is 5.58. The van der Waals surface area contributed by atoms with Crippen molar-refractivity contribution in [2.45, 2.75) is 38.0 Å². The Bertz CT molecular complexity index is 1100. The zero-order valence-electron chi connectivity index (χ0n) is 18.2. The topological polar surface area (TPSA) is 51.9 Å². The Labute approximate surface area is 182 Å². The number of aromatic nitrogens is 3. The third kappa shape index (κ3) is 3.62. The second kappa shape index (κ2) is 7.87. The molecule has 1 aromatic carbocycles. The lowest BCUT2D eigenvalue weighted by atomic mass is 9.99. The van der Waals surface area contributed by atoms with Crippen LogP contribution in [0.3, 0.4) is 0 Å². The maximum atomic E-state index is 5.58. The summed E-state index contributed by atoms with van der Waals surface area (Å²) in [5.74, 6) is 2.46. The van der Waals surface area contributed by atoms with Gasteiger partial charge in [-0.25, -0.2) is 9.50 Å². The van der Waals surface area contributed by atoms with E-state index < -0.39 is 0 Å². The van der Waals surface area contributed by atoms with Gasteiger partial charge in [-0.1, -0.05) is 24.4 Å². The van der Waals surface area contributed by atoms with E-state index in [0.717, 1.165) is 70.5 Å². The van der Waals surface area contributed by atoms with Gasteiger partial charge in [0.15, 0.2) is 17.2 Å². The molecule has 30 heavy (non-hydrogen) atoms. The molecular weight excluding hydrogens is 396 g/mol. The second-order valence-electron chi connectivity index (χ2n) is 8.21. The van der Waals surface area contributed by atoms with Crippen LogP contribution in [0.5, 0.6) is 11.5 Å². The molecule has 0 atom stereocenters. The Morgan fingerprint density at radius 1 is 1.13 bits per heavy atom. The number of nitrogens with zero attached hydrogens (tertiary/aromatic N) is 4. The van der Waals surface area contributed by atoms with Crippen LogP contribution in [-0.2, 0) is 5.41 Å². The normalized spacial score (nSPS) is 14.6. The SMILES string of the molecule is COc1cc(-c2ccc(OC)c3nc(C4(CCC(=S)N(C)C)CC4)nn23)ccc1C. The van der Waals surface area contributed by atoms with Crippen molar-refractivity contribution in [2.24, 2.45) is 0 Å². The molecule has 1 fully saturated rings. The van der Waals surface area contributed by atoms with Crippen molar-refractivity contribution in [3.8, 4) is 22.8 Å². The van der Waals surface area contributed by atoms with Crippen LogP contribution in [0.2, 0.25) is 0 Å². The van der Waals surface area contributed by atoms with Crippen molar-refractivity contribution in [3.63, 3.8) is 0 Å². The third-order valence-electron chi connectivity index (χ3n) is 6.02. The number of ether oxygens (including phenoxy) is 2. The zero-order chi connectivity index (χ0) is 21.5. The van der Waals surface area contributed by atoms with Crippen molar-refractivity contribution in [2.75, 3.05) is 28.3 Å². The van der Waals surface area contributed by atoms with Crippen molar-refractivity contribution in [1.29, 1.82) is 0 Å². The van der Waals surface area contributed by atoms with E-state index >= 15 is 0 Å². The third-order valence-corrected chi connectivity index (χ3v) is 6.59. The van der Waals surface area contributed by atoms with Crippen LogP contribution in [0.15, 0.2) is 30.3 Å². The number of thiocarbonyl (C=S) groups is 1. The van der Waals surface area contributed by atoms with Crippen molar-refractivity contribution < 1.29 is 9.47 Å². The largest absolute Gasteiger partial charge is 0.496 e. The zero-order valence-corrected chi connectivity index (χ0v) is 19.0.